The third-order valence-electron chi connectivity index (χ3n) is 3.31. The number of carbonyl (C=O) groups excluding carboxylic acids is 1. The molecule has 6 heteroatoms. The standard InChI is InChI=1S/C16H10N2O3S/c17-10-13(16(19)11-6-2-1-3-7-11)15-12-8-4-5-9-14(12)22(20,21)18-15/h1-9,18H. The number of ketones is 1. The Balaban J connectivity index is 2.22. The number of carbonyl (C=O) groups is 1. The van der Waals surface area contributed by atoms with Crippen molar-refractivity contribution in [3.63, 3.8) is 0 Å². The van der Waals surface area contributed by atoms with Crippen molar-refractivity contribution in [2.75, 3.05) is 0 Å². The van der Waals surface area contributed by atoms with Gasteiger partial charge in [-0.05, 0) is 6.07 Å². The number of nitrogens with zero attached hydrogens (tertiary/aromatic N) is 1. The Bertz CT molecular complexity index is 939. The lowest BCUT2D eigenvalue weighted by atomic mass is 9.99. The maximum Gasteiger partial charge on any atom is 0.262 e. The van der Waals surface area contributed by atoms with Crippen LogP contribution < -0.4 is 4.72 Å². The number of benzene rings is 2. The van der Waals surface area contributed by atoms with Crippen LogP contribution in [0.3, 0.4) is 0 Å². The number of nitriles is 1. The average Bonchev–Trinajstić information content (AvgIpc) is 2.81. The first kappa shape index (κ1) is 14.0. The van der Waals surface area contributed by atoms with Crippen LogP contribution in [0.4, 0.5) is 0 Å². The fourth-order valence-electron chi connectivity index (χ4n) is 2.29. The van der Waals surface area contributed by atoms with E-state index in [2.05, 4.69) is 4.72 Å². The van der Waals surface area contributed by atoms with E-state index >= 15 is 0 Å². The Labute approximate surface area is 127 Å². The summed E-state index contributed by atoms with van der Waals surface area (Å²) in [6.45, 7) is 0. The molecule has 5 nitrogen and oxygen atoms in total. The number of rotatable bonds is 2. The fraction of sp³-hybridized carbons (Fsp3) is 0. The highest BCUT2D eigenvalue weighted by Crippen LogP contribution is 2.32. The molecular weight excluding hydrogens is 300 g/mol. The van der Waals surface area contributed by atoms with E-state index in [0.29, 0.717) is 11.1 Å². The Hall–Kier alpha value is -2.91. The molecular formula is C16H10N2O3S. The molecule has 3 rings (SSSR count). The van der Waals surface area contributed by atoms with Crippen molar-refractivity contribution in [1.29, 1.82) is 5.26 Å². The molecule has 0 saturated carbocycles. The molecule has 0 radical (unpaired) electrons. The van der Waals surface area contributed by atoms with Crippen LogP contribution in [0.15, 0.2) is 65.1 Å². The van der Waals surface area contributed by atoms with Crippen LogP contribution in [0.5, 0.6) is 0 Å². The normalized spacial score (nSPS) is 17.0. The molecule has 0 fully saturated rings. The number of hydrogen-bond acceptors (Lipinski definition) is 4. The van der Waals surface area contributed by atoms with E-state index in [4.69, 9.17) is 0 Å². The summed E-state index contributed by atoms with van der Waals surface area (Å²) in [6.07, 6.45) is 0. The van der Waals surface area contributed by atoms with Crippen molar-refractivity contribution in [2.24, 2.45) is 0 Å². The Morgan fingerprint density at radius 2 is 1.64 bits per heavy atom. The van der Waals surface area contributed by atoms with Gasteiger partial charge in [0.1, 0.15) is 11.6 Å². The lowest BCUT2D eigenvalue weighted by molar-refractivity contribution is 0.103. The first-order valence-electron chi connectivity index (χ1n) is 6.41. The number of hydrogen-bond donors (Lipinski definition) is 1. The molecule has 0 unspecified atom stereocenters. The molecule has 0 aliphatic carbocycles. The van der Waals surface area contributed by atoms with Crippen LogP contribution in [-0.2, 0) is 10.0 Å². The van der Waals surface area contributed by atoms with Crippen molar-refractivity contribution < 1.29 is 13.2 Å². The molecule has 0 saturated heterocycles. The predicted octanol–water partition coefficient (Wildman–Crippen LogP) is 2.10. The molecule has 1 heterocycles. The summed E-state index contributed by atoms with van der Waals surface area (Å²) in [7, 11) is -3.74. The molecule has 0 amide bonds. The van der Waals surface area contributed by atoms with Crippen LogP contribution in [0, 0.1) is 11.3 Å². The van der Waals surface area contributed by atoms with E-state index in [9.17, 15) is 18.5 Å². The third kappa shape index (κ3) is 2.18. The van der Waals surface area contributed by atoms with Gasteiger partial charge < -0.3 is 0 Å². The Morgan fingerprint density at radius 3 is 2.32 bits per heavy atom. The molecule has 1 N–H and O–H groups in total. The van der Waals surface area contributed by atoms with Crippen molar-refractivity contribution in [2.45, 2.75) is 4.90 Å². The van der Waals surface area contributed by atoms with E-state index in [-0.39, 0.29) is 16.2 Å². The van der Waals surface area contributed by atoms with E-state index in [1.54, 1.807) is 48.5 Å². The minimum Gasteiger partial charge on any atom is -0.288 e. The monoisotopic (exact) mass is 310 g/mol. The van der Waals surface area contributed by atoms with E-state index in [0.717, 1.165) is 0 Å². The quantitative estimate of drug-likeness (QED) is 0.523. The highest BCUT2D eigenvalue weighted by molar-refractivity contribution is 7.90. The van der Waals surface area contributed by atoms with Crippen LogP contribution in [0.2, 0.25) is 0 Å². The van der Waals surface area contributed by atoms with Crippen molar-refractivity contribution in [1.82, 2.24) is 4.72 Å². The zero-order chi connectivity index (χ0) is 15.7. The summed E-state index contributed by atoms with van der Waals surface area (Å²) in [4.78, 5) is 12.5. The zero-order valence-corrected chi connectivity index (χ0v) is 12.1. The molecule has 0 spiro atoms. The second kappa shape index (κ2) is 5.13. The molecule has 108 valence electrons. The number of nitrogens with one attached hydrogen (secondary N) is 1. The van der Waals surface area contributed by atoms with Gasteiger partial charge in [-0.25, -0.2) is 8.42 Å². The number of allylic oxidation sites excluding steroid dienone is 1. The highest BCUT2D eigenvalue weighted by atomic mass is 32.2. The van der Waals surface area contributed by atoms with Crippen molar-refractivity contribution in [3.05, 3.63) is 71.3 Å². The summed E-state index contributed by atoms with van der Waals surface area (Å²) >= 11 is 0. The van der Waals surface area contributed by atoms with Gasteiger partial charge in [-0.2, -0.15) is 5.26 Å². The summed E-state index contributed by atoms with van der Waals surface area (Å²) in [5.74, 6) is -0.516. The van der Waals surface area contributed by atoms with Gasteiger partial charge in [0.05, 0.1) is 10.6 Å². The van der Waals surface area contributed by atoms with Crippen molar-refractivity contribution in [3.8, 4) is 6.07 Å². The zero-order valence-electron chi connectivity index (χ0n) is 11.3. The van der Waals surface area contributed by atoms with Gasteiger partial charge in [-0.1, -0.05) is 48.5 Å². The topological polar surface area (TPSA) is 87.0 Å². The number of Topliss-reactive ketones (excluding diaryl/α,β-unsaturated/α-hetero) is 1. The van der Waals surface area contributed by atoms with Gasteiger partial charge in [0.2, 0.25) is 5.78 Å². The lowest BCUT2D eigenvalue weighted by Crippen LogP contribution is -2.17. The third-order valence-corrected chi connectivity index (χ3v) is 4.72. The average molecular weight is 310 g/mol. The van der Waals surface area contributed by atoms with Crippen LogP contribution in [0.25, 0.3) is 5.70 Å². The second-order valence-electron chi connectivity index (χ2n) is 4.66. The molecule has 0 aromatic heterocycles. The minimum atomic E-state index is -3.74. The minimum absolute atomic E-state index is 0.0342. The SMILES string of the molecule is N#CC(C(=O)c1ccccc1)=C1NS(=O)(=O)c2ccccc21. The van der Waals surface area contributed by atoms with E-state index in [1.807, 2.05) is 6.07 Å². The second-order valence-corrected chi connectivity index (χ2v) is 6.31. The summed E-state index contributed by atoms with van der Waals surface area (Å²) in [5, 5.41) is 9.35. The smallest absolute Gasteiger partial charge is 0.262 e. The summed E-state index contributed by atoms with van der Waals surface area (Å²) < 4.78 is 26.5. The van der Waals surface area contributed by atoms with Gasteiger partial charge in [0.25, 0.3) is 10.0 Å². The molecule has 1 aliphatic rings. The van der Waals surface area contributed by atoms with Gasteiger partial charge in [-0.3, -0.25) is 9.52 Å². The van der Waals surface area contributed by atoms with Gasteiger partial charge in [0, 0.05) is 11.1 Å². The van der Waals surface area contributed by atoms with Gasteiger partial charge in [-0.15, -0.1) is 0 Å². The first-order chi connectivity index (χ1) is 10.5. The van der Waals surface area contributed by atoms with Crippen LogP contribution in [-0.4, -0.2) is 14.2 Å². The summed E-state index contributed by atoms with van der Waals surface area (Å²) in [6, 6.07) is 16.3. The maximum absolute atomic E-state index is 12.5. The molecule has 0 bridgehead atoms. The van der Waals surface area contributed by atoms with Gasteiger partial charge in [0.15, 0.2) is 0 Å². The van der Waals surface area contributed by atoms with E-state index in [1.165, 1.54) is 6.07 Å². The Morgan fingerprint density at radius 1 is 1.00 bits per heavy atom. The highest BCUT2D eigenvalue weighted by Gasteiger charge is 2.33. The van der Waals surface area contributed by atoms with E-state index < -0.39 is 15.8 Å². The van der Waals surface area contributed by atoms with Crippen molar-refractivity contribution >= 4 is 21.5 Å². The number of fused-ring (bicyclic) bond motifs is 1. The fourth-order valence-corrected chi connectivity index (χ4v) is 3.60. The molecule has 2 aromatic rings. The van der Waals surface area contributed by atoms with Gasteiger partial charge >= 0.3 is 0 Å². The molecule has 22 heavy (non-hydrogen) atoms. The molecule has 1 aliphatic heterocycles. The number of sulfonamides is 1. The first-order valence-corrected chi connectivity index (χ1v) is 7.89. The lowest BCUT2D eigenvalue weighted by Gasteiger charge is -2.04. The molecule has 0 atom stereocenters. The largest absolute Gasteiger partial charge is 0.288 e. The Kier molecular flexibility index (Phi) is 3.28. The molecule has 2 aromatic carbocycles. The summed E-state index contributed by atoms with van der Waals surface area (Å²) in [5.41, 5.74) is 0.477. The van der Waals surface area contributed by atoms with Crippen LogP contribution in [0.1, 0.15) is 15.9 Å². The predicted molar refractivity (Wildman–Crippen MR) is 80.1 cm³/mol. The maximum atomic E-state index is 12.5. The van der Waals surface area contributed by atoms with Crippen LogP contribution >= 0.6 is 0 Å².